The largest absolute Gasteiger partial charge is 0.481 e. The second kappa shape index (κ2) is 5.66. The molecule has 0 fully saturated rings. The van der Waals surface area contributed by atoms with Crippen molar-refractivity contribution in [2.24, 2.45) is 0 Å². The Morgan fingerprint density at radius 3 is 2.94 bits per heavy atom. The Bertz CT molecular complexity index is 585. The summed E-state index contributed by atoms with van der Waals surface area (Å²) in [5, 5.41) is 16.9. The molecule has 2 aromatic rings. The molecule has 1 N–H and O–H groups in total. The summed E-state index contributed by atoms with van der Waals surface area (Å²) in [7, 11) is 0. The zero-order chi connectivity index (χ0) is 13.1. The van der Waals surface area contributed by atoms with Crippen molar-refractivity contribution in [2.75, 3.05) is 0 Å². The van der Waals surface area contributed by atoms with Gasteiger partial charge in [0.15, 0.2) is 0 Å². The third-order valence-corrected chi connectivity index (χ3v) is 3.35. The first kappa shape index (κ1) is 13.3. The summed E-state index contributed by atoms with van der Waals surface area (Å²) in [5.74, 6) is -0.238. The van der Waals surface area contributed by atoms with Crippen molar-refractivity contribution in [1.29, 1.82) is 0 Å². The third-order valence-electron chi connectivity index (χ3n) is 2.18. The van der Waals surface area contributed by atoms with Gasteiger partial charge in [-0.15, -0.1) is 10.2 Å². The zero-order valence-electron chi connectivity index (χ0n) is 9.06. The van der Waals surface area contributed by atoms with Crippen LogP contribution in [0.3, 0.4) is 0 Å². The van der Waals surface area contributed by atoms with E-state index in [-0.39, 0.29) is 12.8 Å². The van der Waals surface area contributed by atoms with Crippen molar-refractivity contribution in [1.82, 2.24) is 10.2 Å². The average molecular weight is 379 g/mol. The second-order valence-electron chi connectivity index (χ2n) is 3.52. The fourth-order valence-corrected chi connectivity index (χ4v) is 2.08. The molecule has 0 atom stereocenters. The smallest absolute Gasteiger partial charge is 0.303 e. The molecular formula is C11H8ClIN2O3. The number of hydrogen-bond donors (Lipinski definition) is 1. The minimum atomic E-state index is -0.896. The van der Waals surface area contributed by atoms with E-state index in [1.165, 1.54) is 0 Å². The van der Waals surface area contributed by atoms with E-state index in [1.54, 1.807) is 12.1 Å². The topological polar surface area (TPSA) is 76.2 Å². The molecule has 18 heavy (non-hydrogen) atoms. The van der Waals surface area contributed by atoms with Gasteiger partial charge in [0.1, 0.15) is 0 Å². The number of carbonyl (C=O) groups is 1. The first-order chi connectivity index (χ1) is 8.56. The van der Waals surface area contributed by atoms with Crippen LogP contribution in [-0.4, -0.2) is 21.3 Å². The Morgan fingerprint density at radius 2 is 2.22 bits per heavy atom. The van der Waals surface area contributed by atoms with Gasteiger partial charge in [0, 0.05) is 15.0 Å². The summed E-state index contributed by atoms with van der Waals surface area (Å²) in [6.07, 6.45) is 0.188. The minimum Gasteiger partial charge on any atom is -0.481 e. The molecule has 0 spiro atoms. The molecule has 1 heterocycles. The highest BCUT2D eigenvalue weighted by atomic mass is 127. The van der Waals surface area contributed by atoms with E-state index in [4.69, 9.17) is 21.1 Å². The van der Waals surface area contributed by atoms with Crippen molar-refractivity contribution >= 4 is 40.2 Å². The summed E-state index contributed by atoms with van der Waals surface area (Å²) in [4.78, 5) is 10.4. The van der Waals surface area contributed by atoms with Gasteiger partial charge in [-0.1, -0.05) is 11.6 Å². The molecule has 2 rings (SSSR count). The molecule has 0 aliphatic rings. The highest BCUT2D eigenvalue weighted by molar-refractivity contribution is 14.1. The van der Waals surface area contributed by atoms with Crippen molar-refractivity contribution < 1.29 is 14.3 Å². The first-order valence-corrected chi connectivity index (χ1v) is 6.51. The Kier molecular flexibility index (Phi) is 4.18. The van der Waals surface area contributed by atoms with Crippen LogP contribution in [0.15, 0.2) is 22.6 Å². The molecule has 7 heteroatoms. The van der Waals surface area contributed by atoms with E-state index in [0.29, 0.717) is 16.8 Å². The highest BCUT2D eigenvalue weighted by Gasteiger charge is 2.13. The van der Waals surface area contributed by atoms with Gasteiger partial charge >= 0.3 is 5.97 Å². The van der Waals surface area contributed by atoms with Crippen LogP contribution >= 0.6 is 34.2 Å². The molecular weight excluding hydrogens is 370 g/mol. The van der Waals surface area contributed by atoms with Crippen LogP contribution in [0, 0.1) is 3.57 Å². The standard InChI is InChI=1S/C11H8ClIN2O3/c12-6-1-2-8(13)7(5-6)11-15-14-9(18-11)3-4-10(16)17/h1-2,5H,3-4H2,(H,16,17). The van der Waals surface area contributed by atoms with Gasteiger partial charge in [-0.3, -0.25) is 4.79 Å². The summed E-state index contributed by atoms with van der Waals surface area (Å²) >= 11 is 8.05. The van der Waals surface area contributed by atoms with Crippen LogP contribution in [-0.2, 0) is 11.2 Å². The van der Waals surface area contributed by atoms with Crippen LogP contribution in [0.25, 0.3) is 11.5 Å². The number of carboxylic acid groups (broad SMARTS) is 1. The summed E-state index contributed by atoms with van der Waals surface area (Å²) in [6.45, 7) is 0. The number of aryl methyl sites for hydroxylation is 1. The van der Waals surface area contributed by atoms with Crippen molar-refractivity contribution in [2.45, 2.75) is 12.8 Å². The fourth-order valence-electron chi connectivity index (χ4n) is 1.34. The predicted molar refractivity (Wildman–Crippen MR) is 73.4 cm³/mol. The van der Waals surface area contributed by atoms with Gasteiger partial charge < -0.3 is 9.52 Å². The highest BCUT2D eigenvalue weighted by Crippen LogP contribution is 2.27. The second-order valence-corrected chi connectivity index (χ2v) is 5.12. The lowest BCUT2D eigenvalue weighted by Gasteiger charge is -1.99. The number of hydrogen-bond acceptors (Lipinski definition) is 4. The Labute approximate surface area is 121 Å². The third kappa shape index (κ3) is 3.20. The number of benzene rings is 1. The monoisotopic (exact) mass is 378 g/mol. The Balaban J connectivity index is 2.23. The number of nitrogens with zero attached hydrogens (tertiary/aromatic N) is 2. The Morgan fingerprint density at radius 1 is 1.44 bits per heavy atom. The number of carboxylic acids is 1. The maximum atomic E-state index is 10.4. The SMILES string of the molecule is O=C(O)CCc1nnc(-c2cc(Cl)ccc2I)o1. The van der Waals surface area contributed by atoms with Crippen LogP contribution < -0.4 is 0 Å². The lowest BCUT2D eigenvalue weighted by Crippen LogP contribution is -1.97. The summed E-state index contributed by atoms with van der Waals surface area (Å²) in [6, 6.07) is 5.35. The van der Waals surface area contributed by atoms with E-state index in [9.17, 15) is 4.79 Å². The molecule has 1 aromatic heterocycles. The van der Waals surface area contributed by atoms with Gasteiger partial charge in [-0.25, -0.2) is 0 Å². The molecule has 0 unspecified atom stereocenters. The zero-order valence-corrected chi connectivity index (χ0v) is 12.0. The molecule has 0 aliphatic heterocycles. The molecule has 0 aliphatic carbocycles. The molecule has 0 saturated carbocycles. The van der Waals surface area contributed by atoms with Gasteiger partial charge in [-0.05, 0) is 40.8 Å². The maximum absolute atomic E-state index is 10.4. The number of halogens is 2. The molecule has 5 nitrogen and oxygen atoms in total. The maximum Gasteiger partial charge on any atom is 0.303 e. The summed E-state index contributed by atoms with van der Waals surface area (Å²) in [5.41, 5.74) is 0.747. The number of rotatable bonds is 4. The van der Waals surface area contributed by atoms with Crippen LogP contribution in [0.4, 0.5) is 0 Å². The molecule has 0 bridgehead atoms. The van der Waals surface area contributed by atoms with Gasteiger partial charge in [0.2, 0.25) is 11.8 Å². The molecule has 94 valence electrons. The van der Waals surface area contributed by atoms with Crippen molar-refractivity contribution in [3.8, 4) is 11.5 Å². The number of aromatic nitrogens is 2. The van der Waals surface area contributed by atoms with E-state index in [1.807, 2.05) is 6.07 Å². The first-order valence-electron chi connectivity index (χ1n) is 5.06. The van der Waals surface area contributed by atoms with Crippen molar-refractivity contribution in [3.63, 3.8) is 0 Å². The van der Waals surface area contributed by atoms with E-state index in [0.717, 1.165) is 9.13 Å². The predicted octanol–water partition coefficient (Wildman–Crippen LogP) is 3.01. The van der Waals surface area contributed by atoms with E-state index >= 15 is 0 Å². The normalized spacial score (nSPS) is 10.6. The van der Waals surface area contributed by atoms with Crippen LogP contribution in [0.2, 0.25) is 5.02 Å². The average Bonchev–Trinajstić information content (AvgIpc) is 2.78. The lowest BCUT2D eigenvalue weighted by atomic mass is 10.2. The van der Waals surface area contributed by atoms with E-state index in [2.05, 4.69) is 32.8 Å². The molecule has 0 amide bonds. The van der Waals surface area contributed by atoms with Gasteiger partial charge in [-0.2, -0.15) is 0 Å². The van der Waals surface area contributed by atoms with Crippen LogP contribution in [0.1, 0.15) is 12.3 Å². The molecule has 1 aromatic carbocycles. The Hall–Kier alpha value is -1.15. The molecule has 0 radical (unpaired) electrons. The quantitative estimate of drug-likeness (QED) is 0.828. The fraction of sp³-hybridized carbons (Fsp3) is 0.182. The lowest BCUT2D eigenvalue weighted by molar-refractivity contribution is -0.137. The van der Waals surface area contributed by atoms with Gasteiger partial charge in [0.25, 0.3) is 0 Å². The molecule has 0 saturated heterocycles. The minimum absolute atomic E-state index is 0.0335. The van der Waals surface area contributed by atoms with Crippen LogP contribution in [0.5, 0.6) is 0 Å². The van der Waals surface area contributed by atoms with Gasteiger partial charge in [0.05, 0.1) is 12.0 Å². The van der Waals surface area contributed by atoms with E-state index < -0.39 is 5.97 Å². The summed E-state index contributed by atoms with van der Waals surface area (Å²) < 4.78 is 6.34. The number of aliphatic carboxylic acids is 1. The van der Waals surface area contributed by atoms with Crippen molar-refractivity contribution in [3.05, 3.63) is 32.7 Å².